The Labute approximate surface area is 103 Å². The molecular weight excluding hydrogens is 244 g/mol. The van der Waals surface area contributed by atoms with Gasteiger partial charge in [-0.1, -0.05) is 17.7 Å². The highest BCUT2D eigenvalue weighted by Crippen LogP contribution is 2.23. The number of thiazole rings is 1. The highest BCUT2D eigenvalue weighted by Gasteiger charge is 2.00. The molecule has 0 bridgehead atoms. The molecule has 0 atom stereocenters. The second-order valence-corrected chi connectivity index (χ2v) is 4.49. The second kappa shape index (κ2) is 5.30. The Morgan fingerprint density at radius 2 is 2.25 bits per heavy atom. The first-order valence-electron chi connectivity index (χ1n) is 4.81. The van der Waals surface area contributed by atoms with Crippen LogP contribution < -0.4 is 5.32 Å². The van der Waals surface area contributed by atoms with Crippen LogP contribution in [0.1, 0.15) is 11.3 Å². The molecule has 0 unspecified atom stereocenters. The van der Waals surface area contributed by atoms with Gasteiger partial charge in [-0.3, -0.25) is 0 Å². The third-order valence-corrected chi connectivity index (χ3v) is 3.07. The number of aromatic hydroxyl groups is 1. The molecule has 0 radical (unpaired) electrons. The van der Waals surface area contributed by atoms with Gasteiger partial charge in [-0.25, -0.2) is 4.98 Å². The average Bonchev–Trinajstić information content (AvgIpc) is 2.76. The first-order valence-corrected chi connectivity index (χ1v) is 6.13. The van der Waals surface area contributed by atoms with Crippen molar-refractivity contribution in [1.29, 1.82) is 0 Å². The van der Waals surface area contributed by atoms with Crippen LogP contribution in [-0.4, -0.2) is 10.1 Å². The van der Waals surface area contributed by atoms with Gasteiger partial charge in [-0.05, 0) is 17.7 Å². The molecule has 3 nitrogen and oxygen atoms in total. The fourth-order valence-electron chi connectivity index (χ4n) is 1.32. The number of rotatable bonds is 4. The summed E-state index contributed by atoms with van der Waals surface area (Å²) in [6.07, 6.45) is 0. The number of nitrogens with zero attached hydrogens (tertiary/aromatic N) is 1. The topological polar surface area (TPSA) is 45.1 Å². The van der Waals surface area contributed by atoms with Crippen molar-refractivity contribution in [2.24, 2.45) is 0 Å². The molecule has 1 aromatic carbocycles. The molecule has 2 N–H and O–H groups in total. The molecule has 2 rings (SSSR count). The summed E-state index contributed by atoms with van der Waals surface area (Å²) in [5.74, 6) is 0.116. The molecule has 0 spiro atoms. The van der Waals surface area contributed by atoms with Crippen LogP contribution in [0.15, 0.2) is 29.1 Å². The number of aromatic nitrogens is 1. The molecule has 84 valence electrons. The number of nitrogens with one attached hydrogen (secondary N) is 1. The highest BCUT2D eigenvalue weighted by molar-refractivity contribution is 7.07. The Balaban J connectivity index is 1.87. The van der Waals surface area contributed by atoms with Gasteiger partial charge in [-0.15, -0.1) is 11.3 Å². The Morgan fingerprint density at radius 3 is 2.94 bits per heavy atom. The summed E-state index contributed by atoms with van der Waals surface area (Å²) in [4.78, 5) is 4.17. The van der Waals surface area contributed by atoms with Crippen LogP contribution in [0.25, 0.3) is 0 Å². The normalized spacial score (nSPS) is 10.6. The van der Waals surface area contributed by atoms with Crippen LogP contribution in [0.4, 0.5) is 0 Å². The lowest BCUT2D eigenvalue weighted by atomic mass is 10.2. The molecule has 0 aliphatic rings. The number of benzene rings is 1. The van der Waals surface area contributed by atoms with Crippen LogP contribution in [0, 0.1) is 0 Å². The fourth-order valence-corrected chi connectivity index (χ4v) is 2.08. The van der Waals surface area contributed by atoms with E-state index in [1.54, 1.807) is 23.5 Å². The zero-order valence-electron chi connectivity index (χ0n) is 8.48. The van der Waals surface area contributed by atoms with E-state index in [-0.39, 0.29) is 5.75 Å². The van der Waals surface area contributed by atoms with Gasteiger partial charge in [0.25, 0.3) is 0 Å². The van der Waals surface area contributed by atoms with Gasteiger partial charge >= 0.3 is 0 Å². The summed E-state index contributed by atoms with van der Waals surface area (Å²) in [7, 11) is 0. The Hall–Kier alpha value is -1.10. The van der Waals surface area contributed by atoms with Gasteiger partial charge in [-0.2, -0.15) is 0 Å². The molecule has 1 heterocycles. The molecule has 2 aromatic rings. The second-order valence-electron chi connectivity index (χ2n) is 3.37. The van der Waals surface area contributed by atoms with Gasteiger partial charge in [0.15, 0.2) is 0 Å². The van der Waals surface area contributed by atoms with Gasteiger partial charge < -0.3 is 10.4 Å². The lowest BCUT2D eigenvalue weighted by Crippen LogP contribution is -2.12. The van der Waals surface area contributed by atoms with Crippen molar-refractivity contribution in [2.75, 3.05) is 0 Å². The van der Waals surface area contributed by atoms with Crippen LogP contribution in [0.3, 0.4) is 0 Å². The largest absolute Gasteiger partial charge is 0.506 e. The summed E-state index contributed by atoms with van der Waals surface area (Å²) >= 11 is 7.39. The molecule has 5 heteroatoms. The first kappa shape index (κ1) is 11.4. The van der Waals surface area contributed by atoms with E-state index in [2.05, 4.69) is 10.3 Å². The molecule has 0 aliphatic carbocycles. The molecule has 16 heavy (non-hydrogen) atoms. The average molecular weight is 255 g/mol. The number of hydrogen-bond donors (Lipinski definition) is 2. The van der Waals surface area contributed by atoms with E-state index in [9.17, 15) is 5.11 Å². The van der Waals surface area contributed by atoms with Gasteiger partial charge in [0.1, 0.15) is 5.75 Å². The maximum atomic E-state index is 9.26. The fraction of sp³-hybridized carbons (Fsp3) is 0.182. The molecule has 1 aromatic heterocycles. The summed E-state index contributed by atoms with van der Waals surface area (Å²) in [5.41, 5.74) is 3.89. The monoisotopic (exact) mass is 254 g/mol. The van der Waals surface area contributed by atoms with Crippen molar-refractivity contribution in [3.05, 3.63) is 45.4 Å². The molecule has 0 saturated carbocycles. The molecule has 0 fully saturated rings. The number of hydrogen-bond acceptors (Lipinski definition) is 4. The van der Waals surface area contributed by atoms with E-state index in [1.165, 1.54) is 0 Å². The summed E-state index contributed by atoms with van der Waals surface area (Å²) in [5, 5.41) is 14.9. The summed E-state index contributed by atoms with van der Waals surface area (Å²) < 4.78 is 0. The zero-order valence-corrected chi connectivity index (χ0v) is 10.1. The van der Waals surface area contributed by atoms with E-state index in [0.29, 0.717) is 11.6 Å². The van der Waals surface area contributed by atoms with Crippen molar-refractivity contribution in [3.63, 3.8) is 0 Å². The maximum Gasteiger partial charge on any atom is 0.134 e. The van der Waals surface area contributed by atoms with Crippen LogP contribution >= 0.6 is 22.9 Å². The summed E-state index contributed by atoms with van der Waals surface area (Å²) in [6, 6.07) is 5.20. The maximum absolute atomic E-state index is 9.26. The number of phenols is 1. The van der Waals surface area contributed by atoms with Crippen molar-refractivity contribution < 1.29 is 5.11 Å². The van der Waals surface area contributed by atoms with E-state index in [0.717, 1.165) is 17.8 Å². The molecule has 0 aliphatic heterocycles. The molecule has 0 amide bonds. The van der Waals surface area contributed by atoms with Crippen LogP contribution in [0.2, 0.25) is 5.02 Å². The number of phenolic OH excluding ortho intramolecular Hbond substituents is 1. The highest BCUT2D eigenvalue weighted by atomic mass is 35.5. The predicted molar refractivity (Wildman–Crippen MR) is 65.8 cm³/mol. The standard InChI is InChI=1S/C11H11ClN2OS/c12-10-3-8(1-2-11(10)15)4-13-5-9-6-16-7-14-9/h1-3,6-7,13,15H,4-5H2. The lowest BCUT2D eigenvalue weighted by molar-refractivity contribution is 0.475. The Kier molecular flexibility index (Phi) is 3.77. The van der Waals surface area contributed by atoms with Crippen molar-refractivity contribution in [3.8, 4) is 5.75 Å². The van der Waals surface area contributed by atoms with Gasteiger partial charge in [0.2, 0.25) is 0 Å². The third-order valence-electron chi connectivity index (χ3n) is 2.13. The van der Waals surface area contributed by atoms with Gasteiger partial charge in [0, 0.05) is 18.5 Å². The van der Waals surface area contributed by atoms with E-state index in [4.69, 9.17) is 11.6 Å². The predicted octanol–water partition coefficient (Wildman–Crippen LogP) is 2.79. The minimum atomic E-state index is 0.116. The first-order chi connectivity index (χ1) is 7.75. The van der Waals surface area contributed by atoms with Gasteiger partial charge in [0.05, 0.1) is 16.2 Å². The SMILES string of the molecule is Oc1ccc(CNCc2cscn2)cc1Cl. The number of halogens is 1. The quantitative estimate of drug-likeness (QED) is 0.882. The Bertz CT molecular complexity index is 459. The Morgan fingerprint density at radius 1 is 1.38 bits per heavy atom. The summed E-state index contributed by atoms with van der Waals surface area (Å²) in [6.45, 7) is 1.44. The van der Waals surface area contributed by atoms with E-state index < -0.39 is 0 Å². The minimum Gasteiger partial charge on any atom is -0.506 e. The molecule has 0 saturated heterocycles. The van der Waals surface area contributed by atoms with Crippen LogP contribution in [0.5, 0.6) is 5.75 Å². The van der Waals surface area contributed by atoms with Crippen LogP contribution in [-0.2, 0) is 13.1 Å². The van der Waals surface area contributed by atoms with E-state index in [1.807, 2.05) is 17.0 Å². The lowest BCUT2D eigenvalue weighted by Gasteiger charge is -2.04. The van der Waals surface area contributed by atoms with E-state index >= 15 is 0 Å². The third kappa shape index (κ3) is 2.95. The zero-order chi connectivity index (χ0) is 11.4. The van der Waals surface area contributed by atoms with Crippen molar-refractivity contribution in [1.82, 2.24) is 10.3 Å². The smallest absolute Gasteiger partial charge is 0.134 e. The van der Waals surface area contributed by atoms with Crippen molar-refractivity contribution in [2.45, 2.75) is 13.1 Å². The minimum absolute atomic E-state index is 0.116. The van der Waals surface area contributed by atoms with Crippen molar-refractivity contribution >= 4 is 22.9 Å². The molecular formula is C11H11ClN2OS.